The van der Waals surface area contributed by atoms with Crippen LogP contribution < -0.4 is 11.1 Å². The van der Waals surface area contributed by atoms with Crippen LogP contribution in [0.5, 0.6) is 0 Å². The third-order valence-corrected chi connectivity index (χ3v) is 3.93. The molecule has 31 heavy (non-hydrogen) atoms. The summed E-state index contributed by atoms with van der Waals surface area (Å²) in [6.07, 6.45) is -0.645. The van der Waals surface area contributed by atoms with Gasteiger partial charge in [0.2, 0.25) is 0 Å². The molecule has 168 valence electrons. The van der Waals surface area contributed by atoms with Gasteiger partial charge in [-0.1, -0.05) is 31.9 Å². The Morgan fingerprint density at radius 3 is 1.84 bits per heavy atom. The Bertz CT molecular complexity index is 943. The maximum atomic E-state index is 11.6. The van der Waals surface area contributed by atoms with Crippen LogP contribution in [0.15, 0.2) is 33.2 Å². The average molecular weight is 562 g/mol. The Morgan fingerprint density at radius 2 is 1.39 bits per heavy atom. The molecule has 2 aromatic heterocycles. The molecule has 3 N–H and O–H groups in total. The number of amides is 1. The first kappa shape index (κ1) is 26.3. The summed E-state index contributed by atoms with van der Waals surface area (Å²) >= 11 is 6.40. The van der Waals surface area contributed by atoms with Crippen molar-refractivity contribution in [3.63, 3.8) is 0 Å². The van der Waals surface area contributed by atoms with E-state index in [2.05, 4.69) is 56.6 Å². The van der Waals surface area contributed by atoms with Crippen molar-refractivity contribution in [2.45, 2.75) is 26.4 Å². The predicted octanol–water partition coefficient (Wildman–Crippen LogP) is 4.19. The minimum absolute atomic E-state index is 0.0860. The van der Waals surface area contributed by atoms with Gasteiger partial charge in [0.05, 0.1) is 14.2 Å². The lowest BCUT2D eigenvalue weighted by atomic mass is 10.2. The van der Waals surface area contributed by atoms with Gasteiger partial charge in [-0.3, -0.25) is 5.32 Å². The number of ether oxygens (including phenoxy) is 3. The van der Waals surface area contributed by atoms with E-state index in [1.807, 2.05) is 0 Å². The summed E-state index contributed by atoms with van der Waals surface area (Å²) in [4.78, 5) is 41.7. The fourth-order valence-corrected chi connectivity index (χ4v) is 2.79. The van der Waals surface area contributed by atoms with E-state index < -0.39 is 23.6 Å². The number of methoxy groups -OCH3 is 2. The monoisotopic (exact) mass is 560 g/mol. The van der Waals surface area contributed by atoms with Crippen molar-refractivity contribution in [2.75, 3.05) is 25.3 Å². The summed E-state index contributed by atoms with van der Waals surface area (Å²) in [6.45, 7) is 5.25. The van der Waals surface area contributed by atoms with Crippen molar-refractivity contribution in [1.82, 2.24) is 9.97 Å². The molecule has 0 aliphatic carbocycles. The van der Waals surface area contributed by atoms with Crippen LogP contribution in [0.3, 0.4) is 0 Å². The van der Waals surface area contributed by atoms with E-state index in [1.165, 1.54) is 20.3 Å². The highest BCUT2D eigenvalue weighted by atomic mass is 79.9. The van der Waals surface area contributed by atoms with Crippen LogP contribution in [0.2, 0.25) is 0 Å². The number of hydrogen-bond acceptors (Lipinski definition) is 9. The molecule has 0 unspecified atom stereocenters. The lowest BCUT2D eigenvalue weighted by molar-refractivity contribution is 0.0585. The van der Waals surface area contributed by atoms with Crippen molar-refractivity contribution in [3.8, 4) is 0 Å². The molecular formula is C19H22Br2N4O6. The molecule has 0 bridgehead atoms. The number of carbonyl (C=O) groups excluding carboxylic acids is 3. The first-order valence-corrected chi connectivity index (χ1v) is 10.2. The average Bonchev–Trinajstić information content (AvgIpc) is 2.64. The third-order valence-electron chi connectivity index (χ3n) is 3.02. The molecule has 0 aliphatic rings. The molecular weight excluding hydrogens is 540 g/mol. The first-order chi connectivity index (χ1) is 14.3. The second kappa shape index (κ2) is 11.6. The van der Waals surface area contributed by atoms with Crippen LogP contribution in [0.1, 0.15) is 41.7 Å². The van der Waals surface area contributed by atoms with Crippen molar-refractivity contribution >= 4 is 61.5 Å². The molecule has 0 aromatic carbocycles. The molecule has 0 saturated heterocycles. The van der Waals surface area contributed by atoms with Crippen LogP contribution in [-0.2, 0) is 14.2 Å². The Hall–Kier alpha value is -2.73. The van der Waals surface area contributed by atoms with E-state index in [4.69, 9.17) is 10.5 Å². The van der Waals surface area contributed by atoms with Gasteiger partial charge in [0.1, 0.15) is 17.2 Å². The van der Waals surface area contributed by atoms with E-state index in [9.17, 15) is 14.4 Å². The zero-order valence-corrected chi connectivity index (χ0v) is 20.7. The summed E-state index contributed by atoms with van der Waals surface area (Å²) in [5.41, 5.74) is 5.08. The van der Waals surface area contributed by atoms with Crippen molar-refractivity contribution in [2.24, 2.45) is 0 Å². The van der Waals surface area contributed by atoms with E-state index in [0.717, 1.165) is 0 Å². The SMILES string of the molecule is COC(=O)c1cc(Br)cc(N)n1.COC(=O)c1cc(Br)cc(NC(=O)OC(C)(C)C)n1. The summed E-state index contributed by atoms with van der Waals surface area (Å²) in [5.74, 6) is -0.606. The normalized spacial score (nSPS) is 10.3. The van der Waals surface area contributed by atoms with Crippen molar-refractivity contribution in [3.05, 3.63) is 44.6 Å². The Morgan fingerprint density at radius 1 is 0.903 bits per heavy atom. The molecule has 0 aliphatic heterocycles. The number of hydrogen-bond donors (Lipinski definition) is 2. The molecule has 0 atom stereocenters. The molecule has 12 heteroatoms. The summed E-state index contributed by atoms with van der Waals surface area (Å²) in [7, 11) is 2.55. The molecule has 2 heterocycles. The van der Waals surface area contributed by atoms with Gasteiger partial charge in [-0.05, 0) is 45.0 Å². The van der Waals surface area contributed by atoms with Crippen LogP contribution in [-0.4, -0.2) is 47.8 Å². The number of carbonyl (C=O) groups is 3. The lowest BCUT2D eigenvalue weighted by Crippen LogP contribution is -2.27. The summed E-state index contributed by atoms with van der Waals surface area (Å²) in [6, 6.07) is 6.19. The Balaban J connectivity index is 0.000000343. The fraction of sp³-hybridized carbons (Fsp3) is 0.316. The molecule has 0 saturated carbocycles. The van der Waals surface area contributed by atoms with E-state index in [-0.39, 0.29) is 23.0 Å². The number of aromatic nitrogens is 2. The highest BCUT2D eigenvalue weighted by Crippen LogP contribution is 2.18. The van der Waals surface area contributed by atoms with Gasteiger partial charge < -0.3 is 19.9 Å². The number of pyridine rings is 2. The zero-order valence-electron chi connectivity index (χ0n) is 17.5. The van der Waals surface area contributed by atoms with Gasteiger partial charge in [0.15, 0.2) is 11.4 Å². The number of nitrogens with two attached hydrogens (primary N) is 1. The summed E-state index contributed by atoms with van der Waals surface area (Å²) in [5, 5.41) is 2.45. The number of esters is 2. The molecule has 2 rings (SSSR count). The number of anilines is 2. The zero-order chi connectivity index (χ0) is 23.8. The number of rotatable bonds is 3. The van der Waals surface area contributed by atoms with E-state index in [1.54, 1.807) is 39.0 Å². The highest BCUT2D eigenvalue weighted by Gasteiger charge is 2.18. The number of nitrogens with one attached hydrogen (secondary N) is 1. The van der Waals surface area contributed by atoms with Crippen LogP contribution in [0.25, 0.3) is 0 Å². The number of nitrogens with zero attached hydrogens (tertiary/aromatic N) is 2. The molecule has 2 aromatic rings. The van der Waals surface area contributed by atoms with Crippen LogP contribution in [0, 0.1) is 0 Å². The van der Waals surface area contributed by atoms with E-state index in [0.29, 0.717) is 8.95 Å². The van der Waals surface area contributed by atoms with Crippen molar-refractivity contribution < 1.29 is 28.6 Å². The number of halogens is 2. The van der Waals surface area contributed by atoms with Gasteiger partial charge in [0, 0.05) is 8.95 Å². The minimum Gasteiger partial charge on any atom is -0.464 e. The molecule has 0 radical (unpaired) electrons. The smallest absolute Gasteiger partial charge is 0.413 e. The van der Waals surface area contributed by atoms with Gasteiger partial charge in [0.25, 0.3) is 0 Å². The van der Waals surface area contributed by atoms with Crippen molar-refractivity contribution in [1.29, 1.82) is 0 Å². The minimum atomic E-state index is -0.645. The van der Waals surface area contributed by atoms with Crippen LogP contribution in [0.4, 0.5) is 16.4 Å². The van der Waals surface area contributed by atoms with Gasteiger partial charge in [-0.15, -0.1) is 0 Å². The standard InChI is InChI=1S/C12H15BrN2O4.C7H7BrN2O2/c1-12(2,3)19-11(17)15-9-6-7(13)5-8(14-9)10(16)18-4;1-12-7(11)5-2-4(8)3-6(9)10-5/h5-6H,1-4H3,(H,14,15,17);2-3H,1H3,(H2,9,10). The lowest BCUT2D eigenvalue weighted by Gasteiger charge is -2.19. The molecule has 0 fully saturated rings. The van der Waals surface area contributed by atoms with E-state index >= 15 is 0 Å². The highest BCUT2D eigenvalue weighted by molar-refractivity contribution is 9.10. The third kappa shape index (κ3) is 9.75. The first-order valence-electron chi connectivity index (χ1n) is 8.62. The molecule has 10 nitrogen and oxygen atoms in total. The largest absolute Gasteiger partial charge is 0.464 e. The maximum Gasteiger partial charge on any atom is 0.413 e. The van der Waals surface area contributed by atoms with Gasteiger partial charge >= 0.3 is 18.0 Å². The maximum absolute atomic E-state index is 11.6. The molecule has 1 amide bonds. The summed E-state index contributed by atoms with van der Waals surface area (Å²) < 4.78 is 15.4. The van der Waals surface area contributed by atoms with Gasteiger partial charge in [-0.2, -0.15) is 0 Å². The van der Waals surface area contributed by atoms with Gasteiger partial charge in [-0.25, -0.2) is 24.4 Å². The Kier molecular flexibility index (Phi) is 9.85. The Labute approximate surface area is 196 Å². The molecule has 0 spiro atoms. The predicted molar refractivity (Wildman–Crippen MR) is 121 cm³/mol. The van der Waals surface area contributed by atoms with Crippen LogP contribution >= 0.6 is 31.9 Å². The topological polar surface area (TPSA) is 143 Å². The second-order valence-electron chi connectivity index (χ2n) is 6.76. The number of nitrogen functional groups attached to an aromatic ring is 1. The fourth-order valence-electron chi connectivity index (χ4n) is 1.90. The quantitative estimate of drug-likeness (QED) is 0.416. The second-order valence-corrected chi connectivity index (χ2v) is 8.59.